The molecule has 0 saturated carbocycles. The lowest BCUT2D eigenvalue weighted by molar-refractivity contribution is 0.0941. The summed E-state index contributed by atoms with van der Waals surface area (Å²) in [6, 6.07) is 6.36. The zero-order chi connectivity index (χ0) is 17.7. The number of hydrogen-bond donors (Lipinski definition) is 1. The van der Waals surface area contributed by atoms with E-state index in [1.165, 1.54) is 16.8 Å². The van der Waals surface area contributed by atoms with Gasteiger partial charge in [0.2, 0.25) is 0 Å². The zero-order valence-corrected chi connectivity index (χ0v) is 14.7. The lowest BCUT2D eigenvalue weighted by atomic mass is 10.2. The minimum absolute atomic E-state index is 0.0260. The van der Waals surface area contributed by atoms with Gasteiger partial charge < -0.3 is 10.1 Å². The Morgan fingerprint density at radius 2 is 2.21 bits per heavy atom. The predicted octanol–water partition coefficient (Wildman–Crippen LogP) is 3.50. The summed E-state index contributed by atoms with van der Waals surface area (Å²) in [6.07, 6.45) is 1.40. The molecule has 24 heavy (non-hydrogen) atoms. The molecule has 0 aliphatic heterocycles. The van der Waals surface area contributed by atoms with Crippen molar-refractivity contribution in [1.82, 2.24) is 15.1 Å². The number of aryl methyl sites for hydroxylation is 2. The van der Waals surface area contributed by atoms with E-state index in [0.29, 0.717) is 11.3 Å². The summed E-state index contributed by atoms with van der Waals surface area (Å²) < 4.78 is 21.1. The molecule has 1 aromatic heterocycles. The highest BCUT2D eigenvalue weighted by Crippen LogP contribution is 2.21. The maximum absolute atomic E-state index is 14.4. The van der Waals surface area contributed by atoms with Crippen molar-refractivity contribution in [2.75, 3.05) is 6.61 Å². The van der Waals surface area contributed by atoms with Crippen LogP contribution in [0.15, 0.2) is 34.8 Å². The summed E-state index contributed by atoms with van der Waals surface area (Å²) in [7, 11) is 1.67. The Morgan fingerprint density at radius 1 is 1.46 bits per heavy atom. The van der Waals surface area contributed by atoms with Gasteiger partial charge in [-0.15, -0.1) is 0 Å². The Labute approximate surface area is 149 Å². The van der Waals surface area contributed by atoms with Crippen molar-refractivity contribution in [3.05, 3.63) is 57.6 Å². The molecule has 1 N–H and O–H groups in total. The van der Waals surface area contributed by atoms with Gasteiger partial charge in [0.05, 0.1) is 5.69 Å². The Balaban J connectivity index is 2.03. The van der Waals surface area contributed by atoms with Gasteiger partial charge >= 0.3 is 0 Å². The van der Waals surface area contributed by atoms with E-state index in [-0.39, 0.29) is 29.3 Å². The van der Waals surface area contributed by atoms with Crippen LogP contribution in [-0.2, 0) is 13.6 Å². The van der Waals surface area contributed by atoms with Crippen molar-refractivity contribution in [1.29, 1.82) is 0 Å². The molecule has 2 rings (SSSR count). The first-order chi connectivity index (χ1) is 11.4. The van der Waals surface area contributed by atoms with Crippen LogP contribution in [0.2, 0.25) is 0 Å². The average molecular weight is 372 g/mol. The summed E-state index contributed by atoms with van der Waals surface area (Å²) in [6.45, 7) is 1.86. The summed E-state index contributed by atoms with van der Waals surface area (Å²) in [5, 5.41) is 6.76. The number of halogens is 3. The second kappa shape index (κ2) is 8.17. The molecule has 1 aromatic carbocycles. The molecule has 0 atom stereocenters. The molecular formula is C16H16Cl2FN3O2. The third-order valence-electron chi connectivity index (χ3n) is 3.19. The van der Waals surface area contributed by atoms with Crippen LogP contribution in [0.25, 0.3) is 0 Å². The van der Waals surface area contributed by atoms with Crippen LogP contribution in [-0.4, -0.2) is 22.3 Å². The zero-order valence-electron chi connectivity index (χ0n) is 13.1. The molecule has 0 fully saturated rings. The molecule has 0 unspecified atom stereocenters. The third kappa shape index (κ3) is 4.72. The van der Waals surface area contributed by atoms with Crippen molar-refractivity contribution in [3.63, 3.8) is 0 Å². The van der Waals surface area contributed by atoms with E-state index in [2.05, 4.69) is 10.4 Å². The van der Waals surface area contributed by atoms with Crippen molar-refractivity contribution in [2.24, 2.45) is 7.05 Å². The van der Waals surface area contributed by atoms with Crippen molar-refractivity contribution in [3.8, 4) is 5.75 Å². The second-order valence-corrected chi connectivity index (χ2v) is 6.02. The topological polar surface area (TPSA) is 56.1 Å². The molecule has 1 heterocycles. The van der Waals surface area contributed by atoms with E-state index in [1.807, 2.05) is 0 Å². The standard InChI is InChI=1S/C16H16Cl2FN3O2/c1-10-8-12(22(2)21-10)16(23)20-9-11-4-3-5-13(15(11)19)24-7-6-14(17)18/h3-6,8H,7,9H2,1-2H3,(H,20,23). The Hall–Kier alpha value is -2.05. The molecule has 5 nitrogen and oxygen atoms in total. The molecule has 2 aromatic rings. The van der Waals surface area contributed by atoms with Gasteiger partial charge in [0.25, 0.3) is 5.91 Å². The fourth-order valence-corrected chi connectivity index (χ4v) is 2.21. The Bertz CT molecular complexity index is 771. The van der Waals surface area contributed by atoms with E-state index in [0.717, 1.165) is 5.69 Å². The number of benzene rings is 1. The van der Waals surface area contributed by atoms with E-state index in [4.69, 9.17) is 27.9 Å². The number of hydrogen-bond acceptors (Lipinski definition) is 3. The van der Waals surface area contributed by atoms with Crippen LogP contribution in [0, 0.1) is 12.7 Å². The molecule has 128 valence electrons. The smallest absolute Gasteiger partial charge is 0.269 e. The molecule has 0 aliphatic carbocycles. The molecule has 0 radical (unpaired) electrons. The first kappa shape index (κ1) is 18.3. The summed E-state index contributed by atoms with van der Waals surface area (Å²) in [5.74, 6) is -0.817. The maximum atomic E-state index is 14.4. The van der Waals surface area contributed by atoms with E-state index >= 15 is 0 Å². The van der Waals surface area contributed by atoms with Crippen molar-refractivity contribution in [2.45, 2.75) is 13.5 Å². The SMILES string of the molecule is Cc1cc(C(=O)NCc2cccc(OCC=C(Cl)Cl)c2F)n(C)n1. The molecule has 1 amide bonds. The number of carbonyl (C=O) groups excluding carboxylic acids is 1. The summed E-state index contributed by atoms with van der Waals surface area (Å²) in [4.78, 5) is 12.1. The van der Waals surface area contributed by atoms with Gasteiger partial charge in [-0.1, -0.05) is 35.3 Å². The number of amides is 1. The van der Waals surface area contributed by atoms with Crippen LogP contribution in [0.1, 0.15) is 21.7 Å². The fourth-order valence-electron chi connectivity index (χ4n) is 2.09. The molecule has 8 heteroatoms. The first-order valence-electron chi connectivity index (χ1n) is 7.08. The Kier molecular flexibility index (Phi) is 6.23. The molecule has 0 saturated heterocycles. The van der Waals surface area contributed by atoms with Crippen molar-refractivity contribution >= 4 is 29.1 Å². The lowest BCUT2D eigenvalue weighted by Gasteiger charge is -2.10. The minimum atomic E-state index is -0.543. The lowest BCUT2D eigenvalue weighted by Crippen LogP contribution is -2.25. The highest BCUT2D eigenvalue weighted by atomic mass is 35.5. The second-order valence-electron chi connectivity index (χ2n) is 5.01. The highest BCUT2D eigenvalue weighted by Gasteiger charge is 2.14. The van der Waals surface area contributed by atoms with E-state index in [9.17, 15) is 9.18 Å². The largest absolute Gasteiger partial charge is 0.486 e. The summed E-state index contributed by atoms with van der Waals surface area (Å²) >= 11 is 10.9. The van der Waals surface area contributed by atoms with Gasteiger partial charge in [-0.3, -0.25) is 9.48 Å². The van der Waals surface area contributed by atoms with Gasteiger partial charge in [0, 0.05) is 19.2 Å². The van der Waals surface area contributed by atoms with Crippen LogP contribution in [0.4, 0.5) is 4.39 Å². The quantitative estimate of drug-likeness (QED) is 0.845. The van der Waals surface area contributed by atoms with Crippen LogP contribution < -0.4 is 10.1 Å². The maximum Gasteiger partial charge on any atom is 0.269 e. The van der Waals surface area contributed by atoms with Crippen LogP contribution in [0.5, 0.6) is 5.75 Å². The average Bonchev–Trinajstić information content (AvgIpc) is 2.86. The van der Waals surface area contributed by atoms with Gasteiger partial charge in [-0.2, -0.15) is 5.10 Å². The number of rotatable bonds is 6. The molecular weight excluding hydrogens is 356 g/mol. The van der Waals surface area contributed by atoms with Crippen LogP contribution >= 0.6 is 23.2 Å². The predicted molar refractivity (Wildman–Crippen MR) is 90.8 cm³/mol. The molecule has 0 aliphatic rings. The van der Waals surface area contributed by atoms with E-state index < -0.39 is 5.82 Å². The molecule has 0 spiro atoms. The summed E-state index contributed by atoms with van der Waals surface area (Å²) in [5.41, 5.74) is 1.44. The van der Waals surface area contributed by atoms with Crippen molar-refractivity contribution < 1.29 is 13.9 Å². The van der Waals surface area contributed by atoms with Gasteiger partial charge in [-0.25, -0.2) is 4.39 Å². The normalized spacial score (nSPS) is 10.4. The van der Waals surface area contributed by atoms with Gasteiger partial charge in [0.1, 0.15) is 16.8 Å². The van der Waals surface area contributed by atoms with Crippen LogP contribution in [0.3, 0.4) is 0 Å². The first-order valence-corrected chi connectivity index (χ1v) is 7.84. The number of nitrogens with one attached hydrogen (secondary N) is 1. The third-order valence-corrected chi connectivity index (χ3v) is 3.50. The number of aromatic nitrogens is 2. The van der Waals surface area contributed by atoms with Gasteiger partial charge in [-0.05, 0) is 25.1 Å². The monoisotopic (exact) mass is 371 g/mol. The highest BCUT2D eigenvalue weighted by molar-refractivity contribution is 6.55. The fraction of sp³-hybridized carbons (Fsp3) is 0.250. The minimum Gasteiger partial charge on any atom is -0.486 e. The number of ether oxygens (including phenoxy) is 1. The Morgan fingerprint density at radius 3 is 2.83 bits per heavy atom. The van der Waals surface area contributed by atoms with E-state index in [1.54, 1.807) is 32.2 Å². The molecule has 0 bridgehead atoms. The number of nitrogens with zero attached hydrogens (tertiary/aromatic N) is 2. The van der Waals surface area contributed by atoms with Gasteiger partial charge in [0.15, 0.2) is 11.6 Å². The number of carbonyl (C=O) groups is 1.